The van der Waals surface area contributed by atoms with Gasteiger partial charge < -0.3 is 14.2 Å². The number of esters is 3. The van der Waals surface area contributed by atoms with Gasteiger partial charge in [-0.05, 0) is 103 Å². The molecule has 0 radical (unpaired) electrons. The molecule has 0 N–H and O–H groups in total. The molecule has 0 rings (SSSR count). The van der Waals surface area contributed by atoms with Crippen LogP contribution in [0.2, 0.25) is 0 Å². The number of unbranched alkanes of at least 4 members (excludes halogenated alkanes) is 32. The van der Waals surface area contributed by atoms with Crippen LogP contribution >= 0.6 is 0 Å². The van der Waals surface area contributed by atoms with Crippen molar-refractivity contribution in [2.45, 2.75) is 316 Å². The van der Waals surface area contributed by atoms with Gasteiger partial charge in [0.25, 0.3) is 0 Å². The molecule has 0 aliphatic rings. The van der Waals surface area contributed by atoms with Crippen LogP contribution in [0.15, 0.2) is 85.1 Å². The molecule has 0 saturated heterocycles. The molecule has 1 unspecified atom stereocenters. The zero-order chi connectivity index (χ0) is 53.6. The van der Waals surface area contributed by atoms with Crippen LogP contribution in [0.5, 0.6) is 0 Å². The Kier molecular flexibility index (Phi) is 59.3. The first-order chi connectivity index (χ1) is 36.5. The highest BCUT2D eigenvalue weighted by molar-refractivity contribution is 5.71. The SMILES string of the molecule is CC/C=C\C/C=C\C/C=C\C/C=C\CCC(=O)OCC(COC(=O)CCCCCCCCCCCCCCC/C=C\C/C=C\CCCCCCC)OC(=O)CCCCCCCCC/C=C\CCCCCCCCC. The third-order valence-electron chi connectivity index (χ3n) is 13.6. The van der Waals surface area contributed by atoms with Gasteiger partial charge >= 0.3 is 17.9 Å². The Morgan fingerprint density at radius 3 is 0.919 bits per heavy atom. The van der Waals surface area contributed by atoms with E-state index in [1.807, 2.05) is 6.08 Å². The molecule has 74 heavy (non-hydrogen) atoms. The van der Waals surface area contributed by atoms with Crippen molar-refractivity contribution in [3.8, 4) is 0 Å². The maximum Gasteiger partial charge on any atom is 0.306 e. The molecule has 6 nitrogen and oxygen atoms in total. The van der Waals surface area contributed by atoms with E-state index in [9.17, 15) is 14.4 Å². The normalized spacial score (nSPS) is 12.6. The first-order valence-corrected chi connectivity index (χ1v) is 31.6. The molecular weight excluding hydrogens is 913 g/mol. The van der Waals surface area contributed by atoms with Crippen LogP contribution in [0.3, 0.4) is 0 Å². The van der Waals surface area contributed by atoms with Gasteiger partial charge in [0.2, 0.25) is 0 Å². The summed E-state index contributed by atoms with van der Waals surface area (Å²) in [4.78, 5) is 38.2. The number of carbonyl (C=O) groups is 3. The van der Waals surface area contributed by atoms with Crippen molar-refractivity contribution < 1.29 is 28.6 Å². The molecule has 0 heterocycles. The predicted molar refractivity (Wildman–Crippen MR) is 321 cm³/mol. The van der Waals surface area contributed by atoms with Gasteiger partial charge in [-0.3, -0.25) is 14.4 Å². The summed E-state index contributed by atoms with van der Waals surface area (Å²) in [6.07, 6.45) is 81.8. The molecule has 1 atom stereocenters. The summed E-state index contributed by atoms with van der Waals surface area (Å²) >= 11 is 0. The van der Waals surface area contributed by atoms with E-state index in [1.54, 1.807) is 0 Å². The van der Waals surface area contributed by atoms with E-state index < -0.39 is 6.10 Å². The van der Waals surface area contributed by atoms with Crippen molar-refractivity contribution in [2.24, 2.45) is 0 Å². The molecule has 0 aliphatic carbocycles. The smallest absolute Gasteiger partial charge is 0.306 e. The number of carbonyl (C=O) groups excluding carboxylic acids is 3. The maximum atomic E-state index is 12.9. The highest BCUT2D eigenvalue weighted by Gasteiger charge is 2.19. The summed E-state index contributed by atoms with van der Waals surface area (Å²) in [5.41, 5.74) is 0. The molecule has 0 aromatic rings. The third kappa shape index (κ3) is 59.5. The van der Waals surface area contributed by atoms with Crippen molar-refractivity contribution in [2.75, 3.05) is 13.2 Å². The first kappa shape index (κ1) is 70.6. The van der Waals surface area contributed by atoms with Crippen LogP contribution in [-0.4, -0.2) is 37.2 Å². The highest BCUT2D eigenvalue weighted by atomic mass is 16.6. The number of hydrogen-bond donors (Lipinski definition) is 0. The van der Waals surface area contributed by atoms with Crippen molar-refractivity contribution in [1.82, 2.24) is 0 Å². The topological polar surface area (TPSA) is 78.9 Å². The van der Waals surface area contributed by atoms with E-state index in [4.69, 9.17) is 14.2 Å². The molecule has 0 spiro atoms. The highest BCUT2D eigenvalue weighted by Crippen LogP contribution is 2.16. The van der Waals surface area contributed by atoms with Gasteiger partial charge in [0.1, 0.15) is 13.2 Å². The fourth-order valence-corrected chi connectivity index (χ4v) is 8.89. The van der Waals surface area contributed by atoms with Crippen molar-refractivity contribution >= 4 is 17.9 Å². The molecule has 426 valence electrons. The second-order valence-electron chi connectivity index (χ2n) is 20.9. The van der Waals surface area contributed by atoms with Gasteiger partial charge in [-0.25, -0.2) is 0 Å². The van der Waals surface area contributed by atoms with E-state index in [0.717, 1.165) is 70.6 Å². The summed E-state index contributed by atoms with van der Waals surface area (Å²) in [6.45, 7) is 6.47. The molecule has 0 aliphatic heterocycles. The lowest BCUT2D eigenvalue weighted by molar-refractivity contribution is -0.166. The van der Waals surface area contributed by atoms with Crippen LogP contribution in [0.4, 0.5) is 0 Å². The minimum Gasteiger partial charge on any atom is -0.462 e. The molecule has 0 saturated carbocycles. The van der Waals surface area contributed by atoms with E-state index in [2.05, 4.69) is 99.8 Å². The fraction of sp³-hybridized carbons (Fsp3) is 0.750. The lowest BCUT2D eigenvalue weighted by Crippen LogP contribution is -2.30. The van der Waals surface area contributed by atoms with E-state index in [0.29, 0.717) is 19.3 Å². The quantitative estimate of drug-likeness (QED) is 0.0261. The fourth-order valence-electron chi connectivity index (χ4n) is 8.89. The predicted octanol–water partition coefficient (Wildman–Crippen LogP) is 21.5. The Morgan fingerprint density at radius 2 is 0.554 bits per heavy atom. The molecule has 0 bridgehead atoms. The van der Waals surface area contributed by atoms with Crippen LogP contribution < -0.4 is 0 Å². The molecule has 6 heteroatoms. The summed E-state index contributed by atoms with van der Waals surface area (Å²) in [5.74, 6) is -0.980. The zero-order valence-corrected chi connectivity index (χ0v) is 48.8. The van der Waals surface area contributed by atoms with Gasteiger partial charge in [-0.15, -0.1) is 0 Å². The van der Waals surface area contributed by atoms with Gasteiger partial charge in [-0.1, -0.05) is 273 Å². The van der Waals surface area contributed by atoms with Gasteiger partial charge in [-0.2, -0.15) is 0 Å². The molecular formula is C68H118O6. The van der Waals surface area contributed by atoms with Gasteiger partial charge in [0.05, 0.1) is 0 Å². The zero-order valence-electron chi connectivity index (χ0n) is 48.8. The second-order valence-corrected chi connectivity index (χ2v) is 20.9. The molecule has 0 fully saturated rings. The lowest BCUT2D eigenvalue weighted by Gasteiger charge is -2.18. The van der Waals surface area contributed by atoms with Gasteiger partial charge in [0.15, 0.2) is 6.10 Å². The Balaban J connectivity index is 4.33. The number of rotatable bonds is 57. The monoisotopic (exact) mass is 1030 g/mol. The maximum absolute atomic E-state index is 12.9. The Hall–Kier alpha value is -3.41. The summed E-state index contributed by atoms with van der Waals surface area (Å²) in [6, 6.07) is 0. The average molecular weight is 1030 g/mol. The van der Waals surface area contributed by atoms with Crippen LogP contribution in [0.1, 0.15) is 310 Å². The minimum absolute atomic E-state index is 0.0994. The Morgan fingerprint density at radius 1 is 0.284 bits per heavy atom. The number of allylic oxidation sites excluding steroid dienone is 14. The summed E-state index contributed by atoms with van der Waals surface area (Å²) in [7, 11) is 0. The number of hydrogen-bond acceptors (Lipinski definition) is 6. The van der Waals surface area contributed by atoms with Crippen LogP contribution in [0.25, 0.3) is 0 Å². The van der Waals surface area contributed by atoms with Crippen LogP contribution in [0, 0.1) is 0 Å². The minimum atomic E-state index is -0.808. The largest absolute Gasteiger partial charge is 0.462 e. The van der Waals surface area contributed by atoms with Crippen LogP contribution in [-0.2, 0) is 28.6 Å². The molecule has 0 amide bonds. The average Bonchev–Trinajstić information content (AvgIpc) is 3.40. The molecule has 0 aromatic carbocycles. The van der Waals surface area contributed by atoms with Crippen molar-refractivity contribution in [3.05, 3.63) is 85.1 Å². The summed E-state index contributed by atoms with van der Waals surface area (Å²) in [5, 5.41) is 0. The lowest BCUT2D eigenvalue weighted by atomic mass is 10.0. The molecule has 0 aromatic heterocycles. The second kappa shape index (κ2) is 62.1. The standard InChI is InChI=1S/C68H118O6/c1-4-7-10-13-16-19-22-25-27-29-31-32-33-34-35-36-37-39-40-43-46-49-52-55-58-61-67(70)73-64-65(63-72-66(69)60-57-54-51-48-45-42-24-21-18-15-12-9-6-3)74-68(71)62-59-56-53-50-47-44-41-38-30-28-26-23-20-17-14-11-8-5-2/h9,12,18,21-22,25,28-31,42,45,51,54,65H,4-8,10-11,13-17,19-20,23-24,26-27,32-41,43-44,46-50,52-53,55-64H2,1-3H3/b12-9-,21-18-,25-22-,30-28-,31-29-,45-42-,54-51-. The van der Waals surface area contributed by atoms with E-state index >= 15 is 0 Å². The Bertz CT molecular complexity index is 1420. The van der Waals surface area contributed by atoms with E-state index in [1.165, 1.54) is 193 Å². The summed E-state index contributed by atoms with van der Waals surface area (Å²) < 4.78 is 16.8. The van der Waals surface area contributed by atoms with Gasteiger partial charge in [0, 0.05) is 19.3 Å². The third-order valence-corrected chi connectivity index (χ3v) is 13.6. The number of ether oxygens (including phenoxy) is 3. The van der Waals surface area contributed by atoms with E-state index in [-0.39, 0.29) is 37.5 Å². The Labute approximate surface area is 458 Å². The first-order valence-electron chi connectivity index (χ1n) is 31.6. The van der Waals surface area contributed by atoms with Crippen molar-refractivity contribution in [1.29, 1.82) is 0 Å². The van der Waals surface area contributed by atoms with Crippen molar-refractivity contribution in [3.63, 3.8) is 0 Å².